The average molecular weight is 348 g/mol. The highest BCUT2D eigenvalue weighted by molar-refractivity contribution is 7.87. The normalized spacial score (nSPS) is 20.1. The number of carbonyl (C=O) groups excluding carboxylic acids is 1. The second kappa shape index (κ2) is 8.12. The average Bonchev–Trinajstić information content (AvgIpc) is 2.87. The Morgan fingerprint density at radius 1 is 1.52 bits per heavy atom. The van der Waals surface area contributed by atoms with Crippen molar-refractivity contribution < 1.29 is 22.7 Å². The molecule has 1 aliphatic rings. The van der Waals surface area contributed by atoms with E-state index in [-0.39, 0.29) is 12.6 Å². The Bertz CT molecular complexity index is 506. The van der Waals surface area contributed by atoms with Crippen molar-refractivity contribution in [1.82, 2.24) is 9.03 Å². The molecule has 0 saturated carbocycles. The molecule has 1 amide bonds. The molecule has 0 bridgehead atoms. The summed E-state index contributed by atoms with van der Waals surface area (Å²) in [6.45, 7) is 11.1. The lowest BCUT2D eigenvalue weighted by atomic mass is 10.2. The van der Waals surface area contributed by atoms with Gasteiger partial charge in [0.05, 0.1) is 12.1 Å². The van der Waals surface area contributed by atoms with E-state index < -0.39 is 27.9 Å². The first kappa shape index (κ1) is 19.9. The maximum atomic E-state index is 12.6. The molecule has 1 fully saturated rings. The molecule has 1 saturated heterocycles. The van der Waals surface area contributed by atoms with Gasteiger partial charge in [-0.15, -0.1) is 6.58 Å². The van der Waals surface area contributed by atoms with Gasteiger partial charge in [-0.05, 0) is 47.0 Å². The zero-order valence-electron chi connectivity index (χ0n) is 14.4. The number of nitrogens with one attached hydrogen (secondary N) is 1. The van der Waals surface area contributed by atoms with E-state index in [1.54, 1.807) is 33.8 Å². The van der Waals surface area contributed by atoms with Gasteiger partial charge in [0.2, 0.25) is 0 Å². The predicted molar refractivity (Wildman–Crippen MR) is 88.2 cm³/mol. The maximum absolute atomic E-state index is 12.6. The number of nitrogens with zero attached hydrogens (tertiary/aromatic N) is 1. The minimum atomic E-state index is -4.02. The van der Waals surface area contributed by atoms with E-state index in [0.29, 0.717) is 13.0 Å². The van der Waals surface area contributed by atoms with Crippen LogP contribution in [-0.2, 0) is 19.7 Å². The highest BCUT2D eigenvalue weighted by Crippen LogP contribution is 2.17. The van der Waals surface area contributed by atoms with Gasteiger partial charge in [0.25, 0.3) is 0 Å². The van der Waals surface area contributed by atoms with Crippen molar-refractivity contribution >= 4 is 16.3 Å². The zero-order chi connectivity index (χ0) is 17.7. The molecule has 0 aromatic carbocycles. The summed E-state index contributed by atoms with van der Waals surface area (Å²) in [6.07, 6.45) is 2.57. The number of amides is 1. The SMILES string of the molecule is C=CC[C@@H](C)N(C(=O)OC(C)(C)C)S(=O)(=O)NC[C@H]1CCCO1. The fourth-order valence-corrected chi connectivity index (χ4v) is 3.56. The van der Waals surface area contributed by atoms with Gasteiger partial charge < -0.3 is 9.47 Å². The van der Waals surface area contributed by atoms with E-state index in [2.05, 4.69) is 11.3 Å². The van der Waals surface area contributed by atoms with Gasteiger partial charge in [-0.25, -0.2) is 4.79 Å². The topological polar surface area (TPSA) is 84.9 Å². The highest BCUT2D eigenvalue weighted by Gasteiger charge is 2.35. The quantitative estimate of drug-likeness (QED) is 0.713. The van der Waals surface area contributed by atoms with Crippen LogP contribution in [0.15, 0.2) is 12.7 Å². The van der Waals surface area contributed by atoms with Crippen molar-refractivity contribution in [2.24, 2.45) is 0 Å². The monoisotopic (exact) mass is 348 g/mol. The van der Waals surface area contributed by atoms with Gasteiger partial charge in [-0.2, -0.15) is 17.4 Å². The van der Waals surface area contributed by atoms with E-state index in [1.807, 2.05) is 0 Å². The molecule has 0 spiro atoms. The molecular weight excluding hydrogens is 320 g/mol. The Morgan fingerprint density at radius 2 is 2.17 bits per heavy atom. The molecule has 0 aromatic rings. The molecule has 1 rings (SSSR count). The molecule has 0 aromatic heterocycles. The van der Waals surface area contributed by atoms with Crippen LogP contribution in [0.5, 0.6) is 0 Å². The smallest absolute Gasteiger partial charge is 0.425 e. The number of rotatable bonds is 7. The third-order valence-corrected chi connectivity index (χ3v) is 4.82. The second-order valence-corrected chi connectivity index (χ2v) is 8.27. The summed E-state index contributed by atoms with van der Waals surface area (Å²) in [6, 6.07) is -0.593. The van der Waals surface area contributed by atoms with Gasteiger partial charge in [0, 0.05) is 13.2 Å². The van der Waals surface area contributed by atoms with Gasteiger partial charge >= 0.3 is 16.3 Å². The maximum Gasteiger partial charge on any atom is 0.425 e. The molecule has 0 aliphatic carbocycles. The summed E-state index contributed by atoms with van der Waals surface area (Å²) < 4.78 is 38.9. The van der Waals surface area contributed by atoms with Crippen LogP contribution < -0.4 is 4.72 Å². The number of hydrogen-bond acceptors (Lipinski definition) is 5. The summed E-state index contributed by atoms with van der Waals surface area (Å²) in [7, 11) is -4.02. The largest absolute Gasteiger partial charge is 0.443 e. The minimum absolute atomic E-state index is 0.141. The van der Waals surface area contributed by atoms with Gasteiger partial charge in [-0.1, -0.05) is 6.08 Å². The zero-order valence-corrected chi connectivity index (χ0v) is 15.2. The molecule has 2 atom stereocenters. The summed E-state index contributed by atoms with van der Waals surface area (Å²) >= 11 is 0. The van der Waals surface area contributed by atoms with Crippen LogP contribution in [0.1, 0.15) is 47.0 Å². The molecule has 0 unspecified atom stereocenters. The van der Waals surface area contributed by atoms with Crippen LogP contribution in [0, 0.1) is 0 Å². The molecule has 7 nitrogen and oxygen atoms in total. The first-order valence-corrected chi connectivity index (χ1v) is 9.25. The lowest BCUT2D eigenvalue weighted by Gasteiger charge is -2.30. The summed E-state index contributed by atoms with van der Waals surface area (Å²) in [5.74, 6) is 0. The Morgan fingerprint density at radius 3 is 2.65 bits per heavy atom. The standard InChI is InChI=1S/C15H28N2O5S/c1-6-8-12(2)17(14(18)22-15(3,4)5)23(19,20)16-11-13-9-7-10-21-13/h6,12-13,16H,1,7-11H2,2-5H3/t12-,13-/m1/s1. The second-order valence-electron chi connectivity index (χ2n) is 6.64. The van der Waals surface area contributed by atoms with Gasteiger partial charge in [0.1, 0.15) is 5.60 Å². The number of carbonyl (C=O) groups is 1. The van der Waals surface area contributed by atoms with E-state index in [1.165, 1.54) is 0 Å². The first-order chi connectivity index (χ1) is 10.6. The molecule has 1 heterocycles. The summed E-state index contributed by atoms with van der Waals surface area (Å²) in [4.78, 5) is 12.3. The number of ether oxygens (including phenoxy) is 2. The van der Waals surface area contributed by atoms with Crippen molar-refractivity contribution in [2.75, 3.05) is 13.2 Å². The van der Waals surface area contributed by atoms with Crippen LogP contribution in [0.25, 0.3) is 0 Å². The minimum Gasteiger partial charge on any atom is -0.443 e. The fraction of sp³-hybridized carbons (Fsp3) is 0.800. The van der Waals surface area contributed by atoms with Crippen LogP contribution in [0.3, 0.4) is 0 Å². The number of hydrogen-bond donors (Lipinski definition) is 1. The van der Waals surface area contributed by atoms with Crippen LogP contribution in [0.2, 0.25) is 0 Å². The van der Waals surface area contributed by atoms with Gasteiger partial charge in [0.15, 0.2) is 0 Å². The summed E-state index contributed by atoms with van der Waals surface area (Å²) in [5, 5.41) is 0. The molecule has 1 N–H and O–H groups in total. The lowest BCUT2D eigenvalue weighted by Crippen LogP contribution is -2.51. The first-order valence-electron chi connectivity index (χ1n) is 7.81. The third-order valence-electron chi connectivity index (χ3n) is 3.26. The Balaban J connectivity index is 2.87. The molecule has 1 aliphatic heterocycles. The molecule has 8 heteroatoms. The van der Waals surface area contributed by atoms with Crippen molar-refractivity contribution in [1.29, 1.82) is 0 Å². The molecular formula is C15H28N2O5S. The Hall–Kier alpha value is -1.12. The fourth-order valence-electron chi connectivity index (χ4n) is 2.23. The van der Waals surface area contributed by atoms with Gasteiger partial charge in [-0.3, -0.25) is 0 Å². The van der Waals surface area contributed by atoms with Crippen molar-refractivity contribution in [3.63, 3.8) is 0 Å². The van der Waals surface area contributed by atoms with Crippen LogP contribution in [-0.4, -0.2) is 49.7 Å². The van der Waals surface area contributed by atoms with Crippen LogP contribution in [0.4, 0.5) is 4.79 Å². The third kappa shape index (κ3) is 6.48. The van der Waals surface area contributed by atoms with Crippen molar-refractivity contribution in [3.8, 4) is 0 Å². The van der Waals surface area contributed by atoms with E-state index in [0.717, 1.165) is 17.1 Å². The van der Waals surface area contributed by atoms with E-state index in [4.69, 9.17) is 9.47 Å². The Kier molecular flexibility index (Phi) is 7.03. The molecule has 134 valence electrons. The van der Waals surface area contributed by atoms with E-state index in [9.17, 15) is 13.2 Å². The van der Waals surface area contributed by atoms with Crippen molar-refractivity contribution in [2.45, 2.75) is 64.7 Å². The summed E-state index contributed by atoms with van der Waals surface area (Å²) in [5.41, 5.74) is -0.784. The lowest BCUT2D eigenvalue weighted by molar-refractivity contribution is 0.0345. The Labute approximate surface area is 139 Å². The van der Waals surface area contributed by atoms with Crippen molar-refractivity contribution in [3.05, 3.63) is 12.7 Å². The van der Waals surface area contributed by atoms with E-state index >= 15 is 0 Å². The van der Waals surface area contributed by atoms with Crippen LogP contribution >= 0.6 is 0 Å². The molecule has 0 radical (unpaired) electrons. The predicted octanol–water partition coefficient (Wildman–Crippen LogP) is 2.20. The molecule has 23 heavy (non-hydrogen) atoms. The highest BCUT2D eigenvalue weighted by atomic mass is 32.2.